The monoisotopic (exact) mass is 273 g/mol. The average Bonchev–Trinajstić information content (AvgIpc) is 2.43. The summed E-state index contributed by atoms with van der Waals surface area (Å²) in [5.41, 5.74) is 1.34. The molecule has 5 heteroatoms. The zero-order valence-electron chi connectivity index (χ0n) is 7.37. The molecule has 1 aromatic carbocycles. The number of aliphatic hydroxyl groups excluding tert-OH is 1. The minimum Gasteiger partial charge on any atom is -0.378 e. The minimum absolute atomic E-state index is 0.356. The summed E-state index contributed by atoms with van der Waals surface area (Å²) in [6.07, 6.45) is 0.928. The quantitative estimate of drug-likeness (QED) is 0.771. The molecule has 1 heterocycles. The summed E-state index contributed by atoms with van der Waals surface area (Å²) in [5, 5.41) is 12.1. The second kappa shape index (κ2) is 3.56. The highest BCUT2D eigenvalue weighted by Gasteiger charge is 2.29. The first-order chi connectivity index (χ1) is 6.63. The number of carbonyl (C=O) groups excluding carboxylic acids is 1. The molecule has 1 amide bonds. The topological polar surface area (TPSA) is 49.3 Å². The zero-order chi connectivity index (χ0) is 10.3. The van der Waals surface area contributed by atoms with Crippen LogP contribution in [0, 0.1) is 0 Å². The lowest BCUT2D eigenvalue weighted by Crippen LogP contribution is -2.10. The van der Waals surface area contributed by atoms with Crippen molar-refractivity contribution in [1.29, 1.82) is 0 Å². The van der Waals surface area contributed by atoms with E-state index in [2.05, 4.69) is 21.2 Å². The molecule has 1 aliphatic rings. The molecule has 0 fully saturated rings. The molecule has 0 bridgehead atoms. The van der Waals surface area contributed by atoms with Gasteiger partial charge >= 0.3 is 0 Å². The van der Waals surface area contributed by atoms with Crippen LogP contribution in [-0.2, 0) is 4.79 Å². The summed E-state index contributed by atoms with van der Waals surface area (Å²) >= 11 is 4.97. The van der Waals surface area contributed by atoms with E-state index in [1.807, 2.05) is 12.3 Å². The first-order valence-electron chi connectivity index (χ1n) is 4.00. The largest absolute Gasteiger partial charge is 0.378 e. The van der Waals surface area contributed by atoms with Crippen molar-refractivity contribution in [2.45, 2.75) is 11.0 Å². The summed E-state index contributed by atoms with van der Waals surface area (Å²) in [4.78, 5) is 12.2. The summed E-state index contributed by atoms with van der Waals surface area (Å²) in [6.45, 7) is 0. The molecule has 0 spiro atoms. The van der Waals surface area contributed by atoms with Crippen LogP contribution in [0.2, 0.25) is 0 Å². The molecular weight excluding hydrogens is 266 g/mol. The van der Waals surface area contributed by atoms with E-state index < -0.39 is 6.10 Å². The first kappa shape index (κ1) is 10.0. The summed E-state index contributed by atoms with van der Waals surface area (Å²) in [6, 6.07) is 3.64. The van der Waals surface area contributed by atoms with Gasteiger partial charge in [-0.3, -0.25) is 4.79 Å². The molecule has 1 aliphatic heterocycles. The highest BCUT2D eigenvalue weighted by Crippen LogP contribution is 2.38. The van der Waals surface area contributed by atoms with Gasteiger partial charge in [-0.25, -0.2) is 0 Å². The van der Waals surface area contributed by atoms with E-state index in [4.69, 9.17) is 0 Å². The van der Waals surface area contributed by atoms with Crippen molar-refractivity contribution in [1.82, 2.24) is 0 Å². The molecule has 0 aromatic heterocycles. The Hall–Kier alpha value is -0.520. The molecule has 0 saturated carbocycles. The first-order valence-corrected chi connectivity index (χ1v) is 6.01. The van der Waals surface area contributed by atoms with Crippen LogP contribution >= 0.6 is 27.7 Å². The fraction of sp³-hybridized carbons (Fsp3) is 0.222. The maximum absolute atomic E-state index is 11.2. The summed E-state index contributed by atoms with van der Waals surface area (Å²) in [7, 11) is 0. The molecule has 1 atom stereocenters. The molecule has 2 rings (SSSR count). The van der Waals surface area contributed by atoms with Crippen molar-refractivity contribution in [2.24, 2.45) is 0 Å². The van der Waals surface area contributed by atoms with Crippen molar-refractivity contribution < 1.29 is 9.90 Å². The van der Waals surface area contributed by atoms with Crippen molar-refractivity contribution in [3.05, 3.63) is 22.2 Å². The van der Waals surface area contributed by atoms with Crippen LogP contribution in [0.4, 0.5) is 5.69 Å². The smallest absolute Gasteiger partial charge is 0.257 e. The number of nitrogens with one attached hydrogen (secondary N) is 1. The number of thioether (sulfide) groups is 1. The molecule has 14 heavy (non-hydrogen) atoms. The Kier molecular flexibility index (Phi) is 2.55. The van der Waals surface area contributed by atoms with Gasteiger partial charge < -0.3 is 10.4 Å². The van der Waals surface area contributed by atoms with Gasteiger partial charge in [-0.1, -0.05) is 0 Å². The Morgan fingerprint density at radius 1 is 1.57 bits per heavy atom. The van der Waals surface area contributed by atoms with Gasteiger partial charge in [-0.2, -0.15) is 0 Å². The molecule has 2 N–H and O–H groups in total. The van der Waals surface area contributed by atoms with Gasteiger partial charge in [0, 0.05) is 20.6 Å². The van der Waals surface area contributed by atoms with Crippen molar-refractivity contribution in [3.63, 3.8) is 0 Å². The second-order valence-electron chi connectivity index (χ2n) is 2.97. The molecule has 74 valence electrons. The minimum atomic E-state index is -1.03. The van der Waals surface area contributed by atoms with E-state index in [1.165, 1.54) is 0 Å². The van der Waals surface area contributed by atoms with Gasteiger partial charge in [0.2, 0.25) is 0 Å². The standard InChI is InChI=1S/C9H8BrNO2S/c1-14-7-3-6-4(2-5(7)10)8(12)9(13)11-6/h2-3,8,12H,1H3,(H,11,13). The van der Waals surface area contributed by atoms with Gasteiger partial charge in [0.1, 0.15) is 0 Å². The van der Waals surface area contributed by atoms with Gasteiger partial charge in [-0.15, -0.1) is 11.8 Å². The van der Waals surface area contributed by atoms with E-state index in [-0.39, 0.29) is 5.91 Å². The Morgan fingerprint density at radius 2 is 2.29 bits per heavy atom. The van der Waals surface area contributed by atoms with Gasteiger partial charge in [-0.05, 0) is 34.3 Å². The van der Waals surface area contributed by atoms with E-state index in [0.717, 1.165) is 9.37 Å². The molecule has 0 aliphatic carbocycles. The molecule has 1 unspecified atom stereocenters. The highest BCUT2D eigenvalue weighted by molar-refractivity contribution is 9.10. The third-order valence-electron chi connectivity index (χ3n) is 2.12. The number of hydrogen-bond donors (Lipinski definition) is 2. The lowest BCUT2D eigenvalue weighted by atomic mass is 10.1. The number of amides is 1. The SMILES string of the molecule is CSc1cc2c(cc1Br)C(O)C(=O)N2. The molecule has 0 radical (unpaired) electrons. The Labute approximate surface area is 94.0 Å². The predicted molar refractivity (Wildman–Crippen MR) is 59.5 cm³/mol. The maximum Gasteiger partial charge on any atom is 0.257 e. The third-order valence-corrected chi connectivity index (χ3v) is 3.82. The van der Waals surface area contributed by atoms with E-state index >= 15 is 0 Å². The Bertz CT molecular complexity index is 408. The molecule has 1 aromatic rings. The fourth-order valence-corrected chi connectivity index (χ4v) is 2.74. The summed E-state index contributed by atoms with van der Waals surface area (Å²) in [5.74, 6) is -0.356. The van der Waals surface area contributed by atoms with Crippen LogP contribution in [0.25, 0.3) is 0 Å². The van der Waals surface area contributed by atoms with Crippen LogP contribution in [-0.4, -0.2) is 17.3 Å². The third kappa shape index (κ3) is 1.45. The fourth-order valence-electron chi connectivity index (χ4n) is 1.40. The van der Waals surface area contributed by atoms with Crippen molar-refractivity contribution in [2.75, 3.05) is 11.6 Å². The number of rotatable bonds is 1. The Morgan fingerprint density at radius 3 is 2.93 bits per heavy atom. The summed E-state index contributed by atoms with van der Waals surface area (Å²) < 4.78 is 0.902. The van der Waals surface area contributed by atoms with E-state index in [1.54, 1.807) is 17.8 Å². The lowest BCUT2D eigenvalue weighted by Gasteiger charge is -2.05. The number of halogens is 1. The zero-order valence-corrected chi connectivity index (χ0v) is 9.78. The van der Waals surface area contributed by atoms with E-state index in [9.17, 15) is 9.90 Å². The van der Waals surface area contributed by atoms with Gasteiger partial charge in [0.05, 0.1) is 0 Å². The van der Waals surface area contributed by atoms with Gasteiger partial charge in [0.25, 0.3) is 5.91 Å². The number of fused-ring (bicyclic) bond motifs is 1. The van der Waals surface area contributed by atoms with Crippen molar-refractivity contribution >= 4 is 39.3 Å². The van der Waals surface area contributed by atoms with Crippen LogP contribution in [0.5, 0.6) is 0 Å². The normalized spacial score (nSPS) is 19.4. The van der Waals surface area contributed by atoms with Gasteiger partial charge in [0.15, 0.2) is 6.10 Å². The lowest BCUT2D eigenvalue weighted by molar-refractivity contribution is -0.123. The van der Waals surface area contributed by atoms with Crippen LogP contribution < -0.4 is 5.32 Å². The maximum atomic E-state index is 11.2. The molecule has 0 saturated heterocycles. The number of anilines is 1. The number of benzene rings is 1. The Balaban J connectivity index is 2.54. The number of carbonyl (C=O) groups is 1. The number of hydrogen-bond acceptors (Lipinski definition) is 3. The van der Waals surface area contributed by atoms with Crippen LogP contribution in [0.1, 0.15) is 11.7 Å². The van der Waals surface area contributed by atoms with E-state index in [0.29, 0.717) is 11.3 Å². The van der Waals surface area contributed by atoms with Crippen LogP contribution in [0.3, 0.4) is 0 Å². The average molecular weight is 274 g/mol. The highest BCUT2D eigenvalue weighted by atomic mass is 79.9. The number of aliphatic hydroxyl groups is 1. The molecule has 3 nitrogen and oxygen atoms in total. The predicted octanol–water partition coefficient (Wildman–Crippen LogP) is 2.16. The van der Waals surface area contributed by atoms with Crippen LogP contribution in [0.15, 0.2) is 21.5 Å². The second-order valence-corrected chi connectivity index (χ2v) is 4.67. The molecular formula is C9H8BrNO2S. The van der Waals surface area contributed by atoms with Crippen molar-refractivity contribution in [3.8, 4) is 0 Å².